The van der Waals surface area contributed by atoms with Crippen LogP contribution >= 0.6 is 0 Å². The number of hydrogen-bond acceptors (Lipinski definition) is 6. The van der Waals surface area contributed by atoms with Crippen LogP contribution in [0, 0.1) is 17.8 Å². The second kappa shape index (κ2) is 13.5. The fourth-order valence-corrected chi connectivity index (χ4v) is 2.19. The second-order valence-electron chi connectivity index (χ2n) is 7.06. The molecule has 0 spiro atoms. The van der Waals surface area contributed by atoms with Crippen molar-refractivity contribution in [1.29, 1.82) is 0 Å². The molecule has 3 aliphatic rings. The minimum Gasteiger partial charge on any atom is -0.550 e. The molecule has 0 aromatic rings. The van der Waals surface area contributed by atoms with Gasteiger partial charge >= 0.3 is 25.8 Å². The molecule has 3 fully saturated rings. The summed E-state index contributed by atoms with van der Waals surface area (Å²) < 4.78 is 0. The van der Waals surface area contributed by atoms with E-state index in [1.54, 1.807) is 0 Å². The van der Waals surface area contributed by atoms with Crippen LogP contribution in [0.4, 0.5) is 0 Å². The van der Waals surface area contributed by atoms with E-state index in [1.165, 1.54) is 38.5 Å². The van der Waals surface area contributed by atoms with Crippen LogP contribution in [0.25, 0.3) is 0 Å². The maximum Gasteiger partial charge on any atom is 3.00 e. The van der Waals surface area contributed by atoms with Gasteiger partial charge in [-0.1, -0.05) is 38.5 Å². The van der Waals surface area contributed by atoms with Gasteiger partial charge in [-0.2, -0.15) is 0 Å². The third-order valence-electron chi connectivity index (χ3n) is 4.36. The fraction of sp³-hybridized carbons (Fsp3) is 0.833. The molecule has 3 rings (SSSR count). The Bertz CT molecular complexity index is 352. The third kappa shape index (κ3) is 19.5. The van der Waals surface area contributed by atoms with Gasteiger partial charge in [0.05, 0.1) is 0 Å². The zero-order valence-corrected chi connectivity index (χ0v) is 18.0. The summed E-state index contributed by atoms with van der Waals surface area (Å²) in [6.07, 6.45) is 10.6. The summed E-state index contributed by atoms with van der Waals surface area (Å²) >= 11 is 0. The maximum absolute atomic E-state index is 9.82. The Hall–Kier alpha value is -0.720. The Balaban J connectivity index is 0.000000339. The topological polar surface area (TPSA) is 120 Å². The zero-order chi connectivity index (χ0) is 17.9. The number of carbonyl (C=O) groups excluding carboxylic acids is 3. The molecule has 0 radical (unpaired) electrons. The SMILES string of the molecule is O=C([O-])CCC1CC1.O=C([O-])CCC1CC1.O=C([O-])CCC1CC1.[In+3]. The van der Waals surface area contributed by atoms with Gasteiger partial charge in [-0.25, -0.2) is 0 Å². The van der Waals surface area contributed by atoms with E-state index < -0.39 is 17.9 Å². The molecule has 0 saturated heterocycles. The third-order valence-corrected chi connectivity index (χ3v) is 4.36. The average molecular weight is 454 g/mol. The maximum atomic E-state index is 9.82. The zero-order valence-electron chi connectivity index (χ0n) is 14.7. The summed E-state index contributed by atoms with van der Waals surface area (Å²) in [5.41, 5.74) is 0. The first kappa shape index (κ1) is 24.3. The van der Waals surface area contributed by atoms with Crippen molar-refractivity contribution >= 4 is 43.8 Å². The normalized spacial score (nSPS) is 17.8. The summed E-state index contributed by atoms with van der Waals surface area (Å²) in [5.74, 6) is -0.570. The van der Waals surface area contributed by atoms with Crippen molar-refractivity contribution < 1.29 is 29.7 Å². The van der Waals surface area contributed by atoms with E-state index in [9.17, 15) is 29.7 Å². The quantitative estimate of drug-likeness (QED) is 0.459. The predicted molar refractivity (Wildman–Crippen MR) is 86.6 cm³/mol. The standard InChI is InChI=1S/3C6H10O2.In/c3*7-6(8)4-3-5-1-2-5;/h3*5H,1-4H2,(H,7,8);/q;;;+3/p-3. The van der Waals surface area contributed by atoms with Crippen LogP contribution in [0.3, 0.4) is 0 Å². The molecule has 0 aromatic carbocycles. The van der Waals surface area contributed by atoms with E-state index in [2.05, 4.69) is 0 Å². The van der Waals surface area contributed by atoms with Crippen molar-refractivity contribution in [3.8, 4) is 0 Å². The molecule has 0 aromatic heterocycles. The summed E-state index contributed by atoms with van der Waals surface area (Å²) in [6, 6.07) is 0. The van der Waals surface area contributed by atoms with Crippen molar-refractivity contribution in [1.82, 2.24) is 0 Å². The van der Waals surface area contributed by atoms with Crippen LogP contribution < -0.4 is 15.3 Å². The van der Waals surface area contributed by atoms with E-state index in [-0.39, 0.29) is 45.1 Å². The van der Waals surface area contributed by atoms with Crippen LogP contribution in [-0.2, 0) is 14.4 Å². The molecule has 0 amide bonds. The molecule has 0 heterocycles. The fourth-order valence-electron chi connectivity index (χ4n) is 2.19. The van der Waals surface area contributed by atoms with E-state index >= 15 is 0 Å². The van der Waals surface area contributed by atoms with E-state index in [0.717, 1.165) is 19.3 Å². The van der Waals surface area contributed by atoms with Gasteiger partial charge < -0.3 is 29.7 Å². The van der Waals surface area contributed by atoms with Crippen molar-refractivity contribution in [3.05, 3.63) is 0 Å². The van der Waals surface area contributed by atoms with Gasteiger partial charge in [0, 0.05) is 17.9 Å². The second-order valence-corrected chi connectivity index (χ2v) is 7.06. The first-order chi connectivity index (χ1) is 11.4. The first-order valence-electron chi connectivity index (χ1n) is 8.96. The number of rotatable bonds is 9. The molecule has 0 atom stereocenters. The Labute approximate surface area is 168 Å². The first-order valence-corrected chi connectivity index (χ1v) is 8.96. The van der Waals surface area contributed by atoms with E-state index in [4.69, 9.17) is 0 Å². The largest absolute Gasteiger partial charge is 3.00 e. The summed E-state index contributed by atoms with van der Waals surface area (Å²) in [4.78, 5) is 29.5. The monoisotopic (exact) mass is 454 g/mol. The molecular formula is C18H27InO6. The molecule has 0 aliphatic heterocycles. The van der Waals surface area contributed by atoms with Crippen LogP contribution in [0.5, 0.6) is 0 Å². The Morgan fingerprint density at radius 1 is 0.560 bits per heavy atom. The smallest absolute Gasteiger partial charge is 0.550 e. The molecule has 25 heavy (non-hydrogen) atoms. The number of aliphatic carboxylic acids is 3. The summed E-state index contributed by atoms with van der Waals surface area (Å²) in [6.45, 7) is 0. The molecule has 3 aliphatic carbocycles. The van der Waals surface area contributed by atoms with Crippen molar-refractivity contribution in [3.63, 3.8) is 0 Å². The Kier molecular flexibility index (Phi) is 13.1. The average Bonchev–Trinajstić information content (AvgIpc) is 3.40. The van der Waals surface area contributed by atoms with Crippen LogP contribution in [0.15, 0.2) is 0 Å². The number of carbonyl (C=O) groups is 3. The van der Waals surface area contributed by atoms with Gasteiger partial charge in [0.25, 0.3) is 0 Å². The van der Waals surface area contributed by atoms with Gasteiger partial charge in [-0.05, 0) is 56.3 Å². The minimum atomic E-state index is -0.906. The van der Waals surface area contributed by atoms with Gasteiger partial charge in [0.1, 0.15) is 0 Å². The molecule has 0 bridgehead atoms. The molecular weight excluding hydrogens is 427 g/mol. The molecule has 0 unspecified atom stereocenters. The Morgan fingerprint density at radius 3 is 0.880 bits per heavy atom. The van der Waals surface area contributed by atoms with Crippen molar-refractivity contribution in [2.45, 2.75) is 77.0 Å². The van der Waals surface area contributed by atoms with Gasteiger partial charge in [-0.15, -0.1) is 0 Å². The van der Waals surface area contributed by atoms with Crippen LogP contribution in [-0.4, -0.2) is 43.8 Å². The minimum absolute atomic E-state index is 0. The van der Waals surface area contributed by atoms with E-state index in [0.29, 0.717) is 17.8 Å². The van der Waals surface area contributed by atoms with Gasteiger partial charge in [0.15, 0.2) is 0 Å². The number of carboxylic acid groups (broad SMARTS) is 3. The predicted octanol–water partition coefficient (Wildman–Crippen LogP) is -0.601. The summed E-state index contributed by atoms with van der Waals surface area (Å²) in [5, 5.41) is 29.5. The number of carboxylic acids is 3. The van der Waals surface area contributed by atoms with Crippen molar-refractivity contribution in [2.75, 3.05) is 0 Å². The number of hydrogen-bond donors (Lipinski definition) is 0. The molecule has 138 valence electrons. The van der Waals surface area contributed by atoms with Gasteiger partial charge in [0.2, 0.25) is 0 Å². The summed E-state index contributed by atoms with van der Waals surface area (Å²) in [7, 11) is 0. The van der Waals surface area contributed by atoms with Crippen LogP contribution in [0.2, 0.25) is 0 Å². The van der Waals surface area contributed by atoms with Crippen molar-refractivity contribution in [2.24, 2.45) is 17.8 Å². The molecule has 0 N–H and O–H groups in total. The Morgan fingerprint density at radius 2 is 0.760 bits per heavy atom. The van der Waals surface area contributed by atoms with Crippen LogP contribution in [0.1, 0.15) is 77.0 Å². The molecule has 6 nitrogen and oxygen atoms in total. The van der Waals surface area contributed by atoms with Gasteiger partial charge in [-0.3, -0.25) is 0 Å². The molecule has 3 saturated carbocycles. The van der Waals surface area contributed by atoms with E-state index in [1.807, 2.05) is 0 Å². The molecule has 7 heteroatoms.